The van der Waals surface area contributed by atoms with E-state index in [0.29, 0.717) is 33.6 Å². The van der Waals surface area contributed by atoms with Gasteiger partial charge in [0.1, 0.15) is 0 Å². The third-order valence-electron chi connectivity index (χ3n) is 10.9. The smallest absolute Gasteiger partial charge is 0.268 e. The van der Waals surface area contributed by atoms with E-state index in [1.165, 1.54) is 4.90 Å². The Bertz CT molecular complexity index is 3130. The van der Waals surface area contributed by atoms with E-state index in [-0.39, 0.29) is 0 Å². The standard InChI is InChI=1S/C52H30N4O2/c53-31-33-26-34(32-54)28-39(27-33)40-21-12-24-46-48(40)41-20-10-11-23-45(41)55(46)47-25-13-22-42-49(47)52(58)56(51(42)57)50-43(36-16-6-2-7-17-36)29-38(35-14-4-1-5-15-35)30-44(50)37-18-8-3-9-19-37/h1-30H. The zero-order valence-electron chi connectivity index (χ0n) is 30.9. The van der Waals surface area contributed by atoms with Gasteiger partial charge >= 0.3 is 0 Å². The molecule has 0 bridgehead atoms. The number of imide groups is 1. The van der Waals surface area contributed by atoms with Crippen LogP contribution < -0.4 is 4.90 Å². The van der Waals surface area contributed by atoms with Crippen molar-refractivity contribution in [2.24, 2.45) is 0 Å². The summed E-state index contributed by atoms with van der Waals surface area (Å²) in [6, 6.07) is 63.0. The van der Waals surface area contributed by atoms with Crippen molar-refractivity contribution in [2.45, 2.75) is 0 Å². The van der Waals surface area contributed by atoms with Gasteiger partial charge in [-0.05, 0) is 88.0 Å². The number of carbonyl (C=O) groups is 2. The van der Waals surface area contributed by atoms with Crippen molar-refractivity contribution in [3.63, 3.8) is 0 Å². The molecule has 58 heavy (non-hydrogen) atoms. The highest BCUT2D eigenvalue weighted by atomic mass is 16.2. The predicted octanol–water partition coefficient (Wildman–Crippen LogP) is 12.0. The van der Waals surface area contributed by atoms with Crippen LogP contribution in [-0.2, 0) is 0 Å². The monoisotopic (exact) mass is 742 g/mol. The number of hydrogen-bond donors (Lipinski definition) is 0. The molecule has 0 fully saturated rings. The van der Waals surface area contributed by atoms with E-state index in [4.69, 9.17) is 0 Å². The molecule has 9 aromatic rings. The molecular weight excluding hydrogens is 713 g/mol. The number of nitriles is 2. The highest BCUT2D eigenvalue weighted by Gasteiger charge is 2.42. The van der Waals surface area contributed by atoms with Gasteiger partial charge in [0, 0.05) is 21.9 Å². The molecule has 2 amide bonds. The summed E-state index contributed by atoms with van der Waals surface area (Å²) in [7, 11) is 0. The zero-order valence-corrected chi connectivity index (χ0v) is 30.9. The number of carbonyl (C=O) groups excluding carboxylic acids is 2. The Balaban J connectivity index is 1.22. The summed E-state index contributed by atoms with van der Waals surface area (Å²) < 4.78 is 2.05. The van der Waals surface area contributed by atoms with E-state index in [1.807, 2.05) is 133 Å². The Morgan fingerprint density at radius 1 is 0.414 bits per heavy atom. The van der Waals surface area contributed by atoms with Gasteiger partial charge < -0.3 is 4.57 Å². The average Bonchev–Trinajstić information content (AvgIpc) is 3.76. The van der Waals surface area contributed by atoms with Crippen LogP contribution in [0, 0.1) is 22.7 Å². The molecule has 1 aliphatic heterocycles. The molecule has 0 atom stereocenters. The van der Waals surface area contributed by atoms with Crippen molar-refractivity contribution in [2.75, 3.05) is 4.90 Å². The number of fused-ring (bicyclic) bond motifs is 4. The lowest BCUT2D eigenvalue weighted by atomic mass is 9.90. The number of nitrogens with zero attached hydrogens (tertiary/aromatic N) is 4. The van der Waals surface area contributed by atoms with Gasteiger partial charge in [0.05, 0.1) is 56.8 Å². The molecule has 6 heteroatoms. The zero-order chi connectivity index (χ0) is 39.3. The SMILES string of the molecule is N#Cc1cc(C#N)cc(-c2cccc3c2c2ccccc2n3-c2cccc3c2C(=O)N(c2c(-c4ccccc4)cc(-c4ccccc4)cc2-c2ccccc2)C3=O)c1. The topological polar surface area (TPSA) is 89.9 Å². The van der Waals surface area contributed by atoms with Crippen LogP contribution in [-0.4, -0.2) is 16.4 Å². The molecule has 1 aliphatic rings. The molecule has 0 unspecified atom stereocenters. The molecule has 0 saturated heterocycles. The lowest BCUT2D eigenvalue weighted by Gasteiger charge is -2.24. The van der Waals surface area contributed by atoms with Crippen LogP contribution >= 0.6 is 0 Å². The maximum absolute atomic E-state index is 15.4. The van der Waals surface area contributed by atoms with E-state index < -0.39 is 11.8 Å². The number of anilines is 1. The van der Waals surface area contributed by atoms with Crippen LogP contribution in [0.25, 0.3) is 72.0 Å². The van der Waals surface area contributed by atoms with E-state index in [0.717, 1.165) is 66.3 Å². The maximum Gasteiger partial charge on any atom is 0.268 e. The highest BCUT2D eigenvalue weighted by Crippen LogP contribution is 2.47. The Morgan fingerprint density at radius 2 is 0.948 bits per heavy atom. The van der Waals surface area contributed by atoms with Gasteiger partial charge in [-0.1, -0.05) is 127 Å². The summed E-state index contributed by atoms with van der Waals surface area (Å²) in [6.07, 6.45) is 0. The molecule has 1 aromatic heterocycles. The minimum atomic E-state index is -0.417. The largest absolute Gasteiger partial charge is 0.308 e. The fraction of sp³-hybridized carbons (Fsp3) is 0. The molecule has 10 rings (SSSR count). The lowest BCUT2D eigenvalue weighted by molar-refractivity contribution is 0.0926. The van der Waals surface area contributed by atoms with Crippen molar-refractivity contribution in [1.82, 2.24) is 4.57 Å². The second-order valence-corrected chi connectivity index (χ2v) is 14.2. The quantitative estimate of drug-likeness (QED) is 0.159. The van der Waals surface area contributed by atoms with Crippen LogP contribution in [0.15, 0.2) is 182 Å². The minimum Gasteiger partial charge on any atom is -0.308 e. The number of hydrogen-bond acceptors (Lipinski definition) is 4. The normalized spacial score (nSPS) is 12.1. The maximum atomic E-state index is 15.4. The first-order valence-electron chi connectivity index (χ1n) is 18.9. The van der Waals surface area contributed by atoms with Gasteiger partial charge in [-0.25, -0.2) is 4.90 Å². The van der Waals surface area contributed by atoms with Gasteiger partial charge in [-0.15, -0.1) is 0 Å². The molecule has 2 heterocycles. The van der Waals surface area contributed by atoms with E-state index in [1.54, 1.807) is 24.3 Å². The second kappa shape index (κ2) is 13.8. The first-order valence-corrected chi connectivity index (χ1v) is 18.9. The predicted molar refractivity (Wildman–Crippen MR) is 230 cm³/mol. The highest BCUT2D eigenvalue weighted by molar-refractivity contribution is 6.37. The number of amides is 2. The van der Waals surface area contributed by atoms with Crippen molar-refractivity contribution < 1.29 is 9.59 Å². The summed E-state index contributed by atoms with van der Waals surface area (Å²) in [5.41, 5.74) is 11.0. The van der Waals surface area contributed by atoms with E-state index >= 15 is 4.79 Å². The van der Waals surface area contributed by atoms with Gasteiger partial charge in [0.15, 0.2) is 0 Å². The summed E-state index contributed by atoms with van der Waals surface area (Å²) in [4.78, 5) is 31.7. The fourth-order valence-corrected chi connectivity index (χ4v) is 8.44. The number of para-hydroxylation sites is 1. The van der Waals surface area contributed by atoms with Gasteiger partial charge in [-0.3, -0.25) is 9.59 Å². The summed E-state index contributed by atoms with van der Waals surface area (Å²) in [6.45, 7) is 0. The first-order chi connectivity index (χ1) is 28.5. The van der Waals surface area contributed by atoms with Crippen molar-refractivity contribution in [1.29, 1.82) is 10.5 Å². The molecule has 0 radical (unpaired) electrons. The number of rotatable bonds is 6. The molecule has 8 aromatic carbocycles. The minimum absolute atomic E-state index is 0.309. The third kappa shape index (κ3) is 5.40. The Morgan fingerprint density at radius 3 is 1.57 bits per heavy atom. The molecular formula is C52H30N4O2. The van der Waals surface area contributed by atoms with Crippen LogP contribution in [0.5, 0.6) is 0 Å². The summed E-state index contributed by atoms with van der Waals surface area (Å²) in [5.74, 6) is -0.817. The van der Waals surface area contributed by atoms with Crippen LogP contribution in [0.2, 0.25) is 0 Å². The van der Waals surface area contributed by atoms with Gasteiger partial charge in [0.2, 0.25) is 0 Å². The second-order valence-electron chi connectivity index (χ2n) is 14.2. The summed E-state index contributed by atoms with van der Waals surface area (Å²) >= 11 is 0. The average molecular weight is 743 g/mol. The van der Waals surface area contributed by atoms with E-state index in [9.17, 15) is 15.3 Å². The Kier molecular flexibility index (Phi) is 8.11. The van der Waals surface area contributed by atoms with Crippen molar-refractivity contribution in [3.8, 4) is 62.3 Å². The van der Waals surface area contributed by atoms with Gasteiger partial charge in [0.25, 0.3) is 11.8 Å². The molecule has 0 spiro atoms. The Hall–Kier alpha value is -8.32. The molecule has 6 nitrogen and oxygen atoms in total. The molecule has 270 valence electrons. The molecule has 0 N–H and O–H groups in total. The first kappa shape index (κ1) is 34.2. The van der Waals surface area contributed by atoms with Crippen LogP contribution in [0.3, 0.4) is 0 Å². The third-order valence-corrected chi connectivity index (χ3v) is 10.9. The van der Waals surface area contributed by atoms with Crippen molar-refractivity contribution >= 4 is 39.3 Å². The number of aromatic nitrogens is 1. The molecule has 0 saturated carbocycles. The summed E-state index contributed by atoms with van der Waals surface area (Å²) in [5, 5.41) is 21.4. The van der Waals surface area contributed by atoms with Crippen LogP contribution in [0.1, 0.15) is 31.8 Å². The molecule has 0 aliphatic carbocycles. The van der Waals surface area contributed by atoms with Crippen molar-refractivity contribution in [3.05, 3.63) is 204 Å². The van der Waals surface area contributed by atoms with Crippen LogP contribution in [0.4, 0.5) is 5.69 Å². The number of benzene rings is 8. The lowest BCUT2D eigenvalue weighted by Crippen LogP contribution is -2.30. The van der Waals surface area contributed by atoms with Gasteiger partial charge in [-0.2, -0.15) is 10.5 Å². The Labute approximate surface area is 334 Å². The van der Waals surface area contributed by atoms with E-state index in [2.05, 4.69) is 41.0 Å². The fourth-order valence-electron chi connectivity index (χ4n) is 8.44.